The van der Waals surface area contributed by atoms with Crippen molar-refractivity contribution in [3.63, 3.8) is 0 Å². The van der Waals surface area contributed by atoms with Gasteiger partial charge in [-0.3, -0.25) is 0 Å². The maximum Gasteiger partial charge on any atom is 4.00 e. The minimum atomic E-state index is 0. The summed E-state index contributed by atoms with van der Waals surface area (Å²) in [5.74, 6) is 0. The molecule has 68 valence electrons. The van der Waals surface area contributed by atoms with Gasteiger partial charge < -0.3 is 72.5 Å². The van der Waals surface area contributed by atoms with E-state index in [0.29, 0.717) is 0 Å². The van der Waals surface area contributed by atoms with Crippen LogP contribution in [0.2, 0.25) is 0 Å². The average molecular weight is 458 g/mol. The zero-order valence-corrected chi connectivity index (χ0v) is 12.9. The summed E-state index contributed by atoms with van der Waals surface area (Å²) in [5.41, 5.74) is 0. The van der Waals surface area contributed by atoms with Gasteiger partial charge in [-0.15, -0.1) is 0 Å². The van der Waals surface area contributed by atoms with E-state index in [9.17, 15) is 0 Å². The standard InChI is InChI=1S/C4H6N2.4BrH.Fe/c1-6-3-2-5-4-6;;;;;/h2-4H,1H3;4*1H;/q;;;;;+4/p-4. The SMILES string of the molecule is Cn1ccnc1.[Br-].[Br-].[Br-].[Br-].[Fe+4]. The minimum Gasteiger partial charge on any atom is -1.00 e. The molecule has 0 aliphatic rings. The molecule has 0 aromatic carbocycles. The molecule has 1 aromatic heterocycles. The summed E-state index contributed by atoms with van der Waals surface area (Å²) >= 11 is 0. The molecule has 0 saturated carbocycles. The molecule has 0 bridgehead atoms. The summed E-state index contributed by atoms with van der Waals surface area (Å²) < 4.78 is 1.89. The predicted octanol–water partition coefficient (Wildman–Crippen LogP) is -11.6. The van der Waals surface area contributed by atoms with Crippen LogP contribution >= 0.6 is 0 Å². The Hall–Kier alpha value is 1.65. The molecule has 1 heterocycles. The van der Waals surface area contributed by atoms with Gasteiger partial charge in [0.15, 0.2) is 0 Å². The number of hydrogen-bond donors (Lipinski definition) is 0. The Labute approximate surface area is 119 Å². The fourth-order valence-electron chi connectivity index (χ4n) is 0.326. The number of imidazole rings is 1. The van der Waals surface area contributed by atoms with Crippen molar-refractivity contribution in [2.45, 2.75) is 0 Å². The van der Waals surface area contributed by atoms with Crippen molar-refractivity contribution >= 4 is 0 Å². The van der Waals surface area contributed by atoms with Gasteiger partial charge in [-0.05, 0) is 0 Å². The Kier molecular flexibility index (Phi) is 47.1. The average Bonchev–Trinajstić information content (AvgIpc) is 1.86. The van der Waals surface area contributed by atoms with E-state index in [1.54, 1.807) is 12.5 Å². The van der Waals surface area contributed by atoms with Gasteiger partial charge in [0.25, 0.3) is 0 Å². The Balaban J connectivity index is -0.0000000240. The van der Waals surface area contributed by atoms with Gasteiger partial charge in [-0.1, -0.05) is 0 Å². The first-order chi connectivity index (χ1) is 2.89. The fourth-order valence-corrected chi connectivity index (χ4v) is 0.326. The molecule has 1 rings (SSSR count). The molecule has 0 N–H and O–H groups in total. The number of rotatable bonds is 0. The van der Waals surface area contributed by atoms with E-state index in [1.165, 1.54) is 0 Å². The molecule has 0 saturated heterocycles. The minimum absolute atomic E-state index is 0. The Bertz CT molecular complexity index is 124. The number of hydrogen-bond acceptors (Lipinski definition) is 1. The molecule has 7 heteroatoms. The molecule has 0 aliphatic carbocycles. The van der Waals surface area contributed by atoms with Gasteiger partial charge in [0.1, 0.15) is 0 Å². The molecular formula is C4H6Br4FeN2. The largest absolute Gasteiger partial charge is 4.00 e. The first kappa shape index (κ1) is 29.3. The normalized spacial score (nSPS) is 4.82. The molecular weight excluding hydrogens is 452 g/mol. The molecule has 1 aromatic rings. The molecule has 0 radical (unpaired) electrons. The first-order valence-corrected chi connectivity index (χ1v) is 1.81. The second-order valence-corrected chi connectivity index (χ2v) is 1.23. The zero-order valence-electron chi connectivity index (χ0n) is 5.49. The number of nitrogens with zero attached hydrogens (tertiary/aromatic N) is 2. The molecule has 2 nitrogen and oxygen atoms in total. The van der Waals surface area contributed by atoms with Gasteiger partial charge in [-0.2, -0.15) is 0 Å². The summed E-state index contributed by atoms with van der Waals surface area (Å²) in [6, 6.07) is 0. The molecule has 0 unspecified atom stereocenters. The topological polar surface area (TPSA) is 17.8 Å². The van der Waals surface area contributed by atoms with Crippen molar-refractivity contribution in [3.8, 4) is 0 Å². The Morgan fingerprint density at radius 3 is 1.64 bits per heavy atom. The van der Waals surface area contributed by atoms with Crippen LogP contribution in [0, 0.1) is 0 Å². The van der Waals surface area contributed by atoms with Crippen molar-refractivity contribution in [2.24, 2.45) is 7.05 Å². The Morgan fingerprint density at radius 1 is 1.09 bits per heavy atom. The van der Waals surface area contributed by atoms with Crippen molar-refractivity contribution in [1.29, 1.82) is 0 Å². The Morgan fingerprint density at radius 2 is 1.55 bits per heavy atom. The maximum atomic E-state index is 3.78. The molecule has 0 spiro atoms. The van der Waals surface area contributed by atoms with Crippen molar-refractivity contribution in [1.82, 2.24) is 9.55 Å². The second-order valence-electron chi connectivity index (χ2n) is 1.23. The summed E-state index contributed by atoms with van der Waals surface area (Å²) in [4.78, 5) is 3.78. The van der Waals surface area contributed by atoms with Crippen LogP contribution in [0.15, 0.2) is 18.7 Å². The zero-order chi connectivity index (χ0) is 4.41. The fraction of sp³-hybridized carbons (Fsp3) is 0.250. The number of aromatic nitrogens is 2. The molecule has 0 atom stereocenters. The van der Waals surface area contributed by atoms with E-state index in [4.69, 9.17) is 0 Å². The van der Waals surface area contributed by atoms with Crippen LogP contribution in [-0.4, -0.2) is 9.55 Å². The molecule has 0 amide bonds. The third kappa shape index (κ3) is 14.5. The molecule has 11 heavy (non-hydrogen) atoms. The van der Waals surface area contributed by atoms with Crippen molar-refractivity contribution in [2.75, 3.05) is 0 Å². The van der Waals surface area contributed by atoms with Crippen LogP contribution in [0.1, 0.15) is 0 Å². The van der Waals surface area contributed by atoms with E-state index in [2.05, 4.69) is 4.98 Å². The first-order valence-electron chi connectivity index (χ1n) is 1.81. The van der Waals surface area contributed by atoms with E-state index < -0.39 is 0 Å². The third-order valence-corrected chi connectivity index (χ3v) is 0.637. The van der Waals surface area contributed by atoms with E-state index in [1.807, 2.05) is 17.8 Å². The monoisotopic (exact) mass is 454 g/mol. The van der Waals surface area contributed by atoms with E-state index in [0.717, 1.165) is 0 Å². The quantitative estimate of drug-likeness (QED) is 0.354. The van der Waals surface area contributed by atoms with E-state index >= 15 is 0 Å². The number of halogens is 4. The van der Waals surface area contributed by atoms with E-state index in [-0.39, 0.29) is 85.0 Å². The van der Waals surface area contributed by atoms with Gasteiger partial charge in [0.2, 0.25) is 0 Å². The van der Waals surface area contributed by atoms with Crippen LogP contribution in [0.4, 0.5) is 0 Å². The summed E-state index contributed by atoms with van der Waals surface area (Å²) in [5, 5.41) is 0. The van der Waals surface area contributed by atoms with Gasteiger partial charge in [0.05, 0.1) is 6.33 Å². The summed E-state index contributed by atoms with van der Waals surface area (Å²) in [6.07, 6.45) is 5.39. The van der Waals surface area contributed by atoms with Crippen molar-refractivity contribution in [3.05, 3.63) is 18.7 Å². The van der Waals surface area contributed by atoms with Gasteiger partial charge >= 0.3 is 17.1 Å². The van der Waals surface area contributed by atoms with Gasteiger partial charge in [0, 0.05) is 19.4 Å². The van der Waals surface area contributed by atoms with Crippen LogP contribution < -0.4 is 67.9 Å². The molecule has 0 aliphatic heterocycles. The van der Waals surface area contributed by atoms with Crippen LogP contribution in [-0.2, 0) is 24.1 Å². The van der Waals surface area contributed by atoms with Crippen LogP contribution in [0.25, 0.3) is 0 Å². The molecule has 0 fully saturated rings. The summed E-state index contributed by atoms with van der Waals surface area (Å²) in [7, 11) is 1.94. The predicted molar refractivity (Wildman–Crippen MR) is 23.2 cm³/mol. The van der Waals surface area contributed by atoms with Crippen LogP contribution in [0.5, 0.6) is 0 Å². The van der Waals surface area contributed by atoms with Crippen LogP contribution in [0.3, 0.4) is 0 Å². The van der Waals surface area contributed by atoms with Gasteiger partial charge in [-0.25, -0.2) is 4.98 Å². The maximum absolute atomic E-state index is 3.78. The smallest absolute Gasteiger partial charge is 1.00 e. The summed E-state index contributed by atoms with van der Waals surface area (Å²) in [6.45, 7) is 0. The third-order valence-electron chi connectivity index (χ3n) is 0.637. The second kappa shape index (κ2) is 17.7. The van der Waals surface area contributed by atoms with Crippen molar-refractivity contribution < 1.29 is 85.0 Å². The number of aryl methyl sites for hydroxylation is 1.